The maximum absolute atomic E-state index is 13.5. The lowest BCUT2D eigenvalue weighted by Crippen LogP contribution is -2.12. The zero-order valence-corrected chi connectivity index (χ0v) is 18.5. The van der Waals surface area contributed by atoms with Crippen LogP contribution in [0.1, 0.15) is 37.9 Å². The number of carbonyl (C=O) groups is 1. The number of alkyl halides is 3. The molecule has 1 amide bonds. The van der Waals surface area contributed by atoms with Gasteiger partial charge in [-0.3, -0.25) is 14.2 Å². The summed E-state index contributed by atoms with van der Waals surface area (Å²) in [5, 5.41) is 12.5. The summed E-state index contributed by atoms with van der Waals surface area (Å²) in [5.74, 6) is -0.681. The molecule has 4 rings (SSSR count). The first kappa shape index (κ1) is 22.7. The fourth-order valence-electron chi connectivity index (χ4n) is 3.38. The van der Waals surface area contributed by atoms with Gasteiger partial charge in [0.25, 0.3) is 5.91 Å². The van der Waals surface area contributed by atoms with Crippen molar-refractivity contribution in [2.75, 3.05) is 5.32 Å². The summed E-state index contributed by atoms with van der Waals surface area (Å²) < 4.78 is 54.5. The number of benzene rings is 1. The Bertz CT molecular complexity index is 1300. The molecule has 0 bridgehead atoms. The van der Waals surface area contributed by atoms with Gasteiger partial charge in [-0.15, -0.1) is 11.3 Å². The van der Waals surface area contributed by atoms with Crippen LogP contribution in [0.4, 0.5) is 23.2 Å². The fourth-order valence-corrected chi connectivity index (χ4v) is 4.18. The van der Waals surface area contributed by atoms with E-state index in [9.17, 15) is 22.4 Å². The molecule has 172 valence electrons. The number of amides is 1. The van der Waals surface area contributed by atoms with Gasteiger partial charge >= 0.3 is 6.18 Å². The second-order valence-corrected chi connectivity index (χ2v) is 8.41. The molecule has 11 heteroatoms. The topological polar surface area (TPSA) is 64.7 Å². The van der Waals surface area contributed by atoms with Gasteiger partial charge in [0.05, 0.1) is 35.0 Å². The lowest BCUT2D eigenvalue weighted by atomic mass is 10.2. The molecule has 3 aromatic heterocycles. The number of thiophene rings is 1. The first-order valence-electron chi connectivity index (χ1n) is 9.88. The van der Waals surface area contributed by atoms with E-state index in [0.717, 1.165) is 17.3 Å². The van der Waals surface area contributed by atoms with Crippen molar-refractivity contribution in [2.45, 2.75) is 33.1 Å². The Kier molecular flexibility index (Phi) is 6.07. The molecule has 6 nitrogen and oxygen atoms in total. The van der Waals surface area contributed by atoms with Gasteiger partial charge in [0, 0.05) is 6.20 Å². The van der Waals surface area contributed by atoms with Crippen molar-refractivity contribution >= 4 is 22.9 Å². The summed E-state index contributed by atoms with van der Waals surface area (Å²) in [5.41, 5.74) is 2.35. The van der Waals surface area contributed by atoms with Gasteiger partial charge in [0.2, 0.25) is 0 Å². The van der Waals surface area contributed by atoms with Crippen molar-refractivity contribution < 1.29 is 22.4 Å². The van der Waals surface area contributed by atoms with Crippen LogP contribution in [0.3, 0.4) is 0 Å². The zero-order chi connectivity index (χ0) is 23.8. The molecule has 0 fully saturated rings. The highest BCUT2D eigenvalue weighted by Crippen LogP contribution is 2.28. The average Bonchev–Trinajstić information content (AvgIpc) is 3.45. The van der Waals surface area contributed by atoms with Crippen molar-refractivity contribution in [3.05, 3.63) is 86.9 Å². The number of hydrogen-bond donors (Lipinski definition) is 1. The molecule has 0 aliphatic heterocycles. The summed E-state index contributed by atoms with van der Waals surface area (Å²) in [6.07, 6.45) is -3.25. The Labute approximate surface area is 190 Å². The van der Waals surface area contributed by atoms with Crippen LogP contribution in [0, 0.1) is 19.7 Å². The molecule has 0 aliphatic carbocycles. The largest absolute Gasteiger partial charge is 0.435 e. The summed E-state index contributed by atoms with van der Waals surface area (Å²) in [6.45, 7) is 4.04. The summed E-state index contributed by atoms with van der Waals surface area (Å²) in [4.78, 5) is 13.2. The Hall–Kier alpha value is -3.47. The number of aryl methyl sites for hydroxylation is 1. The van der Waals surface area contributed by atoms with Gasteiger partial charge in [-0.2, -0.15) is 23.4 Å². The first-order valence-corrected chi connectivity index (χ1v) is 10.8. The summed E-state index contributed by atoms with van der Waals surface area (Å²) in [7, 11) is 0. The highest BCUT2D eigenvalue weighted by molar-refractivity contribution is 7.12. The van der Waals surface area contributed by atoms with Crippen LogP contribution in [0.2, 0.25) is 0 Å². The van der Waals surface area contributed by atoms with E-state index in [1.165, 1.54) is 34.3 Å². The minimum atomic E-state index is -4.50. The smallest absolute Gasteiger partial charge is 0.318 e. The summed E-state index contributed by atoms with van der Waals surface area (Å²) >= 11 is 1.19. The molecular formula is C22H19F4N5OS. The van der Waals surface area contributed by atoms with Crippen molar-refractivity contribution in [3.8, 4) is 0 Å². The number of nitrogens with one attached hydrogen (secondary N) is 1. The number of hydrogen-bond acceptors (Lipinski definition) is 4. The van der Waals surface area contributed by atoms with E-state index in [1.54, 1.807) is 35.2 Å². The van der Waals surface area contributed by atoms with Crippen LogP contribution in [0.25, 0.3) is 0 Å². The molecule has 0 saturated carbocycles. The number of anilines is 1. The average molecular weight is 477 g/mol. The van der Waals surface area contributed by atoms with Crippen LogP contribution >= 0.6 is 11.3 Å². The second kappa shape index (κ2) is 8.81. The molecule has 0 saturated heterocycles. The van der Waals surface area contributed by atoms with E-state index in [1.807, 2.05) is 6.92 Å². The van der Waals surface area contributed by atoms with Gasteiger partial charge in [0.1, 0.15) is 5.82 Å². The Morgan fingerprint density at radius 2 is 1.88 bits per heavy atom. The molecule has 33 heavy (non-hydrogen) atoms. The lowest BCUT2D eigenvalue weighted by Gasteiger charge is -2.07. The highest BCUT2D eigenvalue weighted by atomic mass is 32.1. The maximum atomic E-state index is 13.5. The minimum Gasteiger partial charge on any atom is -0.318 e. The monoisotopic (exact) mass is 477 g/mol. The predicted octanol–water partition coefficient (Wildman–Crippen LogP) is 5.26. The molecule has 0 atom stereocenters. The van der Waals surface area contributed by atoms with E-state index >= 15 is 0 Å². The van der Waals surface area contributed by atoms with Crippen LogP contribution < -0.4 is 5.32 Å². The van der Waals surface area contributed by atoms with E-state index in [0.29, 0.717) is 28.4 Å². The third kappa shape index (κ3) is 5.14. The van der Waals surface area contributed by atoms with Gasteiger partial charge in [-0.25, -0.2) is 4.39 Å². The Morgan fingerprint density at radius 1 is 1.09 bits per heavy atom. The van der Waals surface area contributed by atoms with E-state index in [4.69, 9.17) is 0 Å². The van der Waals surface area contributed by atoms with Gasteiger partial charge in [0.15, 0.2) is 5.69 Å². The minimum absolute atomic E-state index is 0.115. The van der Waals surface area contributed by atoms with E-state index in [2.05, 4.69) is 15.5 Å². The van der Waals surface area contributed by atoms with E-state index in [-0.39, 0.29) is 18.3 Å². The van der Waals surface area contributed by atoms with Gasteiger partial charge < -0.3 is 5.32 Å². The van der Waals surface area contributed by atoms with Crippen LogP contribution in [0.15, 0.2) is 48.0 Å². The zero-order valence-electron chi connectivity index (χ0n) is 17.7. The quantitative estimate of drug-likeness (QED) is 0.385. The third-order valence-electron chi connectivity index (χ3n) is 4.99. The number of rotatable bonds is 6. The molecule has 3 heterocycles. The van der Waals surface area contributed by atoms with Crippen LogP contribution in [-0.2, 0) is 19.3 Å². The molecule has 4 aromatic rings. The Morgan fingerprint density at radius 3 is 2.58 bits per heavy atom. The highest BCUT2D eigenvalue weighted by Gasteiger charge is 2.33. The standard InChI is InChI=1S/C22H19F4N5OS/c1-13-20(14(2)31(28-13)11-15-4-3-5-17(23)8-15)27-21(32)18-9-16(12-33-18)10-30-7-6-19(29-30)22(24,25)26/h3-9,12H,10-11H2,1-2H3,(H,27,32). The molecule has 0 unspecified atom stereocenters. The first-order chi connectivity index (χ1) is 15.6. The van der Waals surface area contributed by atoms with Gasteiger partial charge in [-0.1, -0.05) is 12.1 Å². The normalized spacial score (nSPS) is 11.7. The Balaban J connectivity index is 1.45. The van der Waals surface area contributed by atoms with Crippen molar-refractivity contribution in [1.82, 2.24) is 19.6 Å². The number of nitrogens with zero attached hydrogens (tertiary/aromatic N) is 4. The van der Waals surface area contributed by atoms with Crippen molar-refractivity contribution in [1.29, 1.82) is 0 Å². The van der Waals surface area contributed by atoms with Gasteiger partial charge in [-0.05, 0) is 54.6 Å². The molecule has 0 aliphatic rings. The molecule has 0 spiro atoms. The molecule has 0 radical (unpaired) electrons. The second-order valence-electron chi connectivity index (χ2n) is 7.50. The fraction of sp³-hybridized carbons (Fsp3) is 0.227. The number of halogens is 4. The van der Waals surface area contributed by atoms with Crippen LogP contribution in [0.5, 0.6) is 0 Å². The van der Waals surface area contributed by atoms with E-state index < -0.39 is 11.9 Å². The van der Waals surface area contributed by atoms with Crippen LogP contribution in [-0.4, -0.2) is 25.5 Å². The summed E-state index contributed by atoms with van der Waals surface area (Å²) in [6, 6.07) is 8.75. The lowest BCUT2D eigenvalue weighted by molar-refractivity contribution is -0.141. The number of aromatic nitrogens is 4. The molecule has 1 N–H and O–H groups in total. The van der Waals surface area contributed by atoms with Crippen molar-refractivity contribution in [2.24, 2.45) is 0 Å². The SMILES string of the molecule is Cc1nn(Cc2cccc(F)c2)c(C)c1NC(=O)c1cc(Cn2ccc(C(F)(F)F)n2)cs1. The van der Waals surface area contributed by atoms with Crippen molar-refractivity contribution in [3.63, 3.8) is 0 Å². The predicted molar refractivity (Wildman–Crippen MR) is 116 cm³/mol. The molecular weight excluding hydrogens is 458 g/mol. The number of carbonyl (C=O) groups excluding carboxylic acids is 1. The molecule has 1 aromatic carbocycles. The third-order valence-corrected chi connectivity index (χ3v) is 5.97. The maximum Gasteiger partial charge on any atom is 0.435 e.